The Morgan fingerprint density at radius 1 is 1.36 bits per heavy atom. The molecule has 0 spiro atoms. The minimum Gasteiger partial charge on any atom is -0.299 e. The molecule has 14 heavy (non-hydrogen) atoms. The molecule has 1 aliphatic carbocycles. The van der Waals surface area contributed by atoms with Crippen molar-refractivity contribution in [3.63, 3.8) is 0 Å². The average molecular weight is 196 g/mol. The van der Waals surface area contributed by atoms with Gasteiger partial charge in [-0.2, -0.15) is 0 Å². The van der Waals surface area contributed by atoms with Crippen molar-refractivity contribution in [2.75, 3.05) is 0 Å². The number of carbonyl (C=O) groups excluding carboxylic acids is 2. The lowest BCUT2D eigenvalue weighted by Crippen LogP contribution is -2.45. The highest BCUT2D eigenvalue weighted by atomic mass is 16.1. The summed E-state index contributed by atoms with van der Waals surface area (Å²) in [6.45, 7) is 9.89. The summed E-state index contributed by atoms with van der Waals surface area (Å²) in [4.78, 5) is 23.2. The van der Waals surface area contributed by atoms with Crippen LogP contribution < -0.4 is 0 Å². The predicted molar refractivity (Wildman–Crippen MR) is 55.9 cm³/mol. The molecule has 0 aromatic carbocycles. The van der Waals surface area contributed by atoms with Crippen LogP contribution in [-0.4, -0.2) is 11.6 Å². The van der Waals surface area contributed by atoms with Gasteiger partial charge in [-0.25, -0.2) is 0 Å². The largest absolute Gasteiger partial charge is 0.299 e. The summed E-state index contributed by atoms with van der Waals surface area (Å²) in [7, 11) is 0. The first kappa shape index (κ1) is 11.4. The van der Waals surface area contributed by atoms with Gasteiger partial charge in [0.15, 0.2) is 0 Å². The Hall–Kier alpha value is -0.660. The van der Waals surface area contributed by atoms with E-state index in [1.807, 2.05) is 6.92 Å². The highest BCUT2D eigenvalue weighted by Crippen LogP contribution is 2.44. The SMILES string of the molecule is CC(=O)C1CC(C)(C)C(C)C(C)C1=O. The van der Waals surface area contributed by atoms with Crippen LogP contribution in [-0.2, 0) is 9.59 Å². The van der Waals surface area contributed by atoms with Crippen molar-refractivity contribution in [1.29, 1.82) is 0 Å². The van der Waals surface area contributed by atoms with Gasteiger partial charge in [-0.1, -0.05) is 27.7 Å². The fourth-order valence-electron chi connectivity index (χ4n) is 2.40. The fraction of sp³-hybridized carbons (Fsp3) is 0.833. The number of rotatable bonds is 1. The van der Waals surface area contributed by atoms with Gasteiger partial charge in [0.05, 0.1) is 5.92 Å². The second-order valence-electron chi connectivity index (χ2n) is 5.34. The van der Waals surface area contributed by atoms with Gasteiger partial charge in [0.1, 0.15) is 11.6 Å². The molecule has 2 heteroatoms. The number of hydrogen-bond donors (Lipinski definition) is 0. The second-order valence-corrected chi connectivity index (χ2v) is 5.34. The molecule has 0 aromatic rings. The van der Waals surface area contributed by atoms with Crippen LogP contribution in [0.2, 0.25) is 0 Å². The molecule has 80 valence electrons. The Balaban J connectivity index is 2.96. The zero-order valence-electron chi connectivity index (χ0n) is 9.76. The molecule has 1 aliphatic rings. The molecule has 3 unspecified atom stereocenters. The van der Waals surface area contributed by atoms with Crippen LogP contribution in [0.15, 0.2) is 0 Å². The van der Waals surface area contributed by atoms with E-state index in [0.717, 1.165) is 0 Å². The van der Waals surface area contributed by atoms with Gasteiger partial charge in [-0.05, 0) is 24.7 Å². The summed E-state index contributed by atoms with van der Waals surface area (Å²) < 4.78 is 0. The molecular formula is C12H20O2. The van der Waals surface area contributed by atoms with Crippen molar-refractivity contribution < 1.29 is 9.59 Å². The maximum atomic E-state index is 11.8. The van der Waals surface area contributed by atoms with Gasteiger partial charge in [0.25, 0.3) is 0 Å². The van der Waals surface area contributed by atoms with Crippen LogP contribution in [0.3, 0.4) is 0 Å². The maximum absolute atomic E-state index is 11.8. The highest BCUT2D eigenvalue weighted by molar-refractivity contribution is 6.02. The quantitative estimate of drug-likeness (QED) is 0.604. The van der Waals surface area contributed by atoms with E-state index in [9.17, 15) is 9.59 Å². The molecule has 1 rings (SSSR count). The topological polar surface area (TPSA) is 34.1 Å². The van der Waals surface area contributed by atoms with Gasteiger partial charge in [0, 0.05) is 5.92 Å². The second kappa shape index (κ2) is 3.48. The van der Waals surface area contributed by atoms with Gasteiger partial charge in [-0.15, -0.1) is 0 Å². The Labute approximate surface area is 86.1 Å². The third-order valence-electron chi connectivity index (χ3n) is 4.00. The number of ketones is 2. The Morgan fingerprint density at radius 2 is 1.86 bits per heavy atom. The molecule has 2 nitrogen and oxygen atoms in total. The fourth-order valence-corrected chi connectivity index (χ4v) is 2.40. The minimum absolute atomic E-state index is 0.0210. The summed E-state index contributed by atoms with van der Waals surface area (Å²) in [6.07, 6.45) is 0.715. The lowest BCUT2D eigenvalue weighted by molar-refractivity contribution is -0.142. The molecule has 0 N–H and O–H groups in total. The van der Waals surface area contributed by atoms with E-state index < -0.39 is 0 Å². The smallest absolute Gasteiger partial charge is 0.146 e. The molecule has 1 fully saturated rings. The summed E-state index contributed by atoms with van der Waals surface area (Å²) in [5.41, 5.74) is 0.101. The zero-order valence-corrected chi connectivity index (χ0v) is 9.76. The van der Waals surface area contributed by atoms with E-state index in [4.69, 9.17) is 0 Å². The molecule has 0 aromatic heterocycles. The summed E-state index contributed by atoms with van der Waals surface area (Å²) >= 11 is 0. The average Bonchev–Trinajstić information content (AvgIpc) is 2.08. The van der Waals surface area contributed by atoms with Crippen molar-refractivity contribution in [2.45, 2.75) is 41.0 Å². The first-order chi connectivity index (χ1) is 6.27. The normalized spacial score (nSPS) is 36.9. The van der Waals surface area contributed by atoms with E-state index in [-0.39, 0.29) is 28.8 Å². The Bertz CT molecular complexity index is 265. The van der Waals surface area contributed by atoms with Crippen LogP contribution in [0.25, 0.3) is 0 Å². The van der Waals surface area contributed by atoms with Gasteiger partial charge in [-0.3, -0.25) is 9.59 Å². The van der Waals surface area contributed by atoms with Gasteiger partial charge in [0.2, 0.25) is 0 Å². The summed E-state index contributed by atoms with van der Waals surface area (Å²) in [6, 6.07) is 0. The molecular weight excluding hydrogens is 176 g/mol. The third-order valence-corrected chi connectivity index (χ3v) is 4.00. The van der Waals surface area contributed by atoms with Crippen molar-refractivity contribution in [3.05, 3.63) is 0 Å². The van der Waals surface area contributed by atoms with Crippen LogP contribution in [0.4, 0.5) is 0 Å². The molecule has 1 saturated carbocycles. The molecule has 3 atom stereocenters. The van der Waals surface area contributed by atoms with Crippen LogP contribution in [0, 0.1) is 23.2 Å². The van der Waals surface area contributed by atoms with Crippen molar-refractivity contribution in [1.82, 2.24) is 0 Å². The Kier molecular flexibility index (Phi) is 2.84. The van der Waals surface area contributed by atoms with E-state index in [1.165, 1.54) is 6.92 Å². The van der Waals surface area contributed by atoms with Crippen LogP contribution >= 0.6 is 0 Å². The van der Waals surface area contributed by atoms with Crippen LogP contribution in [0.5, 0.6) is 0 Å². The predicted octanol–water partition coefficient (Wildman–Crippen LogP) is 2.46. The van der Waals surface area contributed by atoms with Crippen molar-refractivity contribution >= 4 is 11.6 Å². The van der Waals surface area contributed by atoms with Gasteiger partial charge < -0.3 is 0 Å². The van der Waals surface area contributed by atoms with E-state index in [0.29, 0.717) is 12.3 Å². The van der Waals surface area contributed by atoms with E-state index in [1.54, 1.807) is 0 Å². The van der Waals surface area contributed by atoms with Crippen molar-refractivity contribution in [3.8, 4) is 0 Å². The summed E-state index contributed by atoms with van der Waals surface area (Å²) in [5, 5.41) is 0. The summed E-state index contributed by atoms with van der Waals surface area (Å²) in [5.74, 6) is 0.209. The molecule has 0 saturated heterocycles. The monoisotopic (exact) mass is 196 g/mol. The molecule has 0 heterocycles. The van der Waals surface area contributed by atoms with E-state index in [2.05, 4.69) is 20.8 Å². The first-order valence-electron chi connectivity index (χ1n) is 5.31. The minimum atomic E-state index is -0.351. The molecule has 0 aliphatic heterocycles. The lowest BCUT2D eigenvalue weighted by atomic mass is 9.60. The first-order valence-corrected chi connectivity index (χ1v) is 5.31. The molecule has 0 bridgehead atoms. The number of carbonyl (C=O) groups is 2. The number of Topliss-reactive ketones (excluding diaryl/α,β-unsaturated/α-hetero) is 2. The van der Waals surface area contributed by atoms with Crippen LogP contribution in [0.1, 0.15) is 41.0 Å². The molecule has 0 radical (unpaired) electrons. The zero-order chi connectivity index (χ0) is 11.1. The lowest BCUT2D eigenvalue weighted by Gasteiger charge is -2.43. The maximum Gasteiger partial charge on any atom is 0.146 e. The standard InChI is InChI=1S/C12H20O2/c1-7-8(2)12(4,5)6-10(9(3)13)11(7)14/h7-8,10H,6H2,1-5H3. The molecule has 0 amide bonds. The Morgan fingerprint density at radius 3 is 2.29 bits per heavy atom. The highest BCUT2D eigenvalue weighted by Gasteiger charge is 2.45. The van der Waals surface area contributed by atoms with Crippen molar-refractivity contribution in [2.24, 2.45) is 23.2 Å². The van der Waals surface area contributed by atoms with Gasteiger partial charge >= 0.3 is 0 Å². The van der Waals surface area contributed by atoms with E-state index >= 15 is 0 Å². The number of hydrogen-bond acceptors (Lipinski definition) is 2. The third kappa shape index (κ3) is 1.75.